The van der Waals surface area contributed by atoms with Crippen LogP contribution in [0.15, 0.2) is 36.7 Å². The summed E-state index contributed by atoms with van der Waals surface area (Å²) in [6.07, 6.45) is 3.52. The number of hydrogen-bond donors (Lipinski definition) is 0. The van der Waals surface area contributed by atoms with E-state index in [4.69, 9.17) is 16.3 Å². The van der Waals surface area contributed by atoms with Crippen molar-refractivity contribution in [3.05, 3.63) is 52.8 Å². The van der Waals surface area contributed by atoms with Crippen molar-refractivity contribution >= 4 is 11.6 Å². The van der Waals surface area contributed by atoms with Crippen molar-refractivity contribution in [2.45, 2.75) is 20.0 Å². The second-order valence-corrected chi connectivity index (χ2v) is 5.55. The molecule has 0 fully saturated rings. The van der Waals surface area contributed by atoms with Crippen molar-refractivity contribution in [3.8, 4) is 0 Å². The Balaban J connectivity index is 1.95. The van der Waals surface area contributed by atoms with Gasteiger partial charge in [-0.1, -0.05) is 35.9 Å². The maximum atomic E-state index is 5.89. The van der Waals surface area contributed by atoms with E-state index in [9.17, 15) is 0 Å². The summed E-state index contributed by atoms with van der Waals surface area (Å²) in [6, 6.07) is 8.49. The zero-order valence-corrected chi connectivity index (χ0v) is 13.4. The van der Waals surface area contributed by atoms with Crippen molar-refractivity contribution in [2.24, 2.45) is 0 Å². The fourth-order valence-corrected chi connectivity index (χ4v) is 2.38. The molecule has 5 heteroatoms. The molecular weight excluding hydrogens is 286 g/mol. The maximum absolute atomic E-state index is 5.89. The minimum atomic E-state index is 0.678. The molecule has 0 saturated heterocycles. The van der Waals surface area contributed by atoms with Crippen LogP contribution >= 0.6 is 11.6 Å². The molecule has 2 aromatic rings. The standard InChI is InChI=1S/C16H22ClN3O/c1-14-5-3-4-6-15(14)12-19(9-10-21-2)7-8-20-13-16(17)11-18-20/h3-6,11,13H,7-10,12H2,1-2H3. The van der Waals surface area contributed by atoms with Crippen LogP contribution in [0.1, 0.15) is 11.1 Å². The Labute approximate surface area is 131 Å². The number of nitrogens with zero attached hydrogens (tertiary/aromatic N) is 3. The van der Waals surface area contributed by atoms with Crippen LogP contribution in [0.25, 0.3) is 0 Å². The highest BCUT2D eigenvalue weighted by atomic mass is 35.5. The van der Waals surface area contributed by atoms with E-state index in [1.54, 1.807) is 13.3 Å². The SMILES string of the molecule is COCCN(CCn1cc(Cl)cn1)Cc1ccccc1C. The average Bonchev–Trinajstić information content (AvgIpc) is 2.89. The first kappa shape index (κ1) is 16.0. The van der Waals surface area contributed by atoms with E-state index in [2.05, 4.69) is 41.2 Å². The number of aromatic nitrogens is 2. The zero-order chi connectivity index (χ0) is 15.1. The molecular formula is C16H22ClN3O. The first-order chi connectivity index (χ1) is 10.2. The van der Waals surface area contributed by atoms with Crippen LogP contribution in [0, 0.1) is 6.92 Å². The molecule has 0 spiro atoms. The molecule has 0 atom stereocenters. The Hall–Kier alpha value is -1.36. The van der Waals surface area contributed by atoms with Crippen molar-refractivity contribution in [1.82, 2.24) is 14.7 Å². The monoisotopic (exact) mass is 307 g/mol. The summed E-state index contributed by atoms with van der Waals surface area (Å²) >= 11 is 5.89. The molecule has 0 N–H and O–H groups in total. The molecule has 0 aliphatic carbocycles. The van der Waals surface area contributed by atoms with Gasteiger partial charge in [0.1, 0.15) is 0 Å². The van der Waals surface area contributed by atoms with Crippen molar-refractivity contribution < 1.29 is 4.74 Å². The average molecular weight is 308 g/mol. The summed E-state index contributed by atoms with van der Waals surface area (Å²) < 4.78 is 7.09. The molecule has 0 unspecified atom stereocenters. The van der Waals surface area contributed by atoms with E-state index in [0.29, 0.717) is 5.02 Å². The van der Waals surface area contributed by atoms with Crippen LogP contribution in [0.3, 0.4) is 0 Å². The van der Waals surface area contributed by atoms with Crippen molar-refractivity contribution in [3.63, 3.8) is 0 Å². The molecule has 0 bridgehead atoms. The van der Waals surface area contributed by atoms with Gasteiger partial charge in [0.25, 0.3) is 0 Å². The number of hydrogen-bond acceptors (Lipinski definition) is 3. The molecule has 1 heterocycles. The van der Waals surface area contributed by atoms with Gasteiger partial charge in [-0.2, -0.15) is 5.10 Å². The Morgan fingerprint density at radius 2 is 2.10 bits per heavy atom. The smallest absolute Gasteiger partial charge is 0.0785 e. The molecule has 0 amide bonds. The van der Waals surface area contributed by atoms with Gasteiger partial charge < -0.3 is 4.74 Å². The summed E-state index contributed by atoms with van der Waals surface area (Å²) in [5, 5.41) is 4.90. The summed E-state index contributed by atoms with van der Waals surface area (Å²) in [6.45, 7) is 6.44. The molecule has 0 aliphatic heterocycles. The highest BCUT2D eigenvalue weighted by molar-refractivity contribution is 6.30. The van der Waals surface area contributed by atoms with Crippen LogP contribution in [-0.2, 0) is 17.8 Å². The minimum absolute atomic E-state index is 0.678. The quantitative estimate of drug-likeness (QED) is 0.751. The zero-order valence-electron chi connectivity index (χ0n) is 12.6. The fourth-order valence-electron chi connectivity index (χ4n) is 2.22. The van der Waals surface area contributed by atoms with Gasteiger partial charge in [-0.05, 0) is 18.1 Å². The number of methoxy groups -OCH3 is 1. The molecule has 4 nitrogen and oxygen atoms in total. The predicted octanol–water partition coefficient (Wildman–Crippen LogP) is 2.99. The van der Waals surface area contributed by atoms with E-state index < -0.39 is 0 Å². The predicted molar refractivity (Wildman–Crippen MR) is 85.6 cm³/mol. The third-order valence-electron chi connectivity index (χ3n) is 3.51. The van der Waals surface area contributed by atoms with E-state index in [-0.39, 0.29) is 0 Å². The third kappa shape index (κ3) is 5.16. The van der Waals surface area contributed by atoms with Crippen LogP contribution in [-0.4, -0.2) is 41.5 Å². The van der Waals surface area contributed by atoms with E-state index >= 15 is 0 Å². The van der Waals surface area contributed by atoms with Gasteiger partial charge in [0.2, 0.25) is 0 Å². The molecule has 0 aliphatic rings. The maximum Gasteiger partial charge on any atom is 0.0785 e. The van der Waals surface area contributed by atoms with Gasteiger partial charge in [0.15, 0.2) is 0 Å². The lowest BCUT2D eigenvalue weighted by Gasteiger charge is -2.23. The number of benzene rings is 1. The van der Waals surface area contributed by atoms with Gasteiger partial charge in [-0.25, -0.2) is 0 Å². The van der Waals surface area contributed by atoms with Gasteiger partial charge in [-0.3, -0.25) is 9.58 Å². The molecule has 1 aromatic heterocycles. The van der Waals surface area contributed by atoms with Crippen LogP contribution in [0.2, 0.25) is 5.02 Å². The normalized spacial score (nSPS) is 11.2. The summed E-state index contributed by atoms with van der Waals surface area (Å²) in [5.41, 5.74) is 2.68. The Morgan fingerprint density at radius 1 is 1.29 bits per heavy atom. The largest absolute Gasteiger partial charge is 0.383 e. The van der Waals surface area contributed by atoms with Crippen LogP contribution < -0.4 is 0 Å². The topological polar surface area (TPSA) is 30.3 Å². The highest BCUT2D eigenvalue weighted by Gasteiger charge is 2.08. The Bertz CT molecular complexity index is 556. The van der Waals surface area contributed by atoms with Crippen molar-refractivity contribution in [1.29, 1.82) is 0 Å². The first-order valence-electron chi connectivity index (χ1n) is 7.13. The lowest BCUT2D eigenvalue weighted by atomic mass is 10.1. The van der Waals surface area contributed by atoms with Crippen LogP contribution in [0.4, 0.5) is 0 Å². The van der Waals surface area contributed by atoms with Gasteiger partial charge >= 0.3 is 0 Å². The van der Waals surface area contributed by atoms with E-state index in [0.717, 1.165) is 32.8 Å². The van der Waals surface area contributed by atoms with Crippen LogP contribution in [0.5, 0.6) is 0 Å². The first-order valence-corrected chi connectivity index (χ1v) is 7.50. The molecule has 21 heavy (non-hydrogen) atoms. The fraction of sp³-hybridized carbons (Fsp3) is 0.438. The molecule has 0 saturated carbocycles. The minimum Gasteiger partial charge on any atom is -0.383 e. The second kappa shape index (κ2) is 8.17. The molecule has 0 radical (unpaired) electrons. The Morgan fingerprint density at radius 3 is 2.76 bits per heavy atom. The second-order valence-electron chi connectivity index (χ2n) is 5.12. The molecule has 114 valence electrons. The number of halogens is 1. The number of ether oxygens (including phenoxy) is 1. The number of rotatable bonds is 8. The van der Waals surface area contributed by atoms with Gasteiger partial charge in [0, 0.05) is 32.9 Å². The highest BCUT2D eigenvalue weighted by Crippen LogP contribution is 2.11. The summed E-state index contributed by atoms with van der Waals surface area (Å²) in [7, 11) is 1.74. The van der Waals surface area contributed by atoms with Gasteiger partial charge in [-0.15, -0.1) is 0 Å². The van der Waals surface area contributed by atoms with E-state index in [1.165, 1.54) is 11.1 Å². The number of aryl methyl sites for hydroxylation is 1. The van der Waals surface area contributed by atoms with E-state index in [1.807, 2.05) is 10.9 Å². The summed E-state index contributed by atoms with van der Waals surface area (Å²) in [5.74, 6) is 0. The molecule has 1 aromatic carbocycles. The van der Waals surface area contributed by atoms with Gasteiger partial charge in [0.05, 0.1) is 24.4 Å². The van der Waals surface area contributed by atoms with Crippen molar-refractivity contribution in [2.75, 3.05) is 26.8 Å². The lowest BCUT2D eigenvalue weighted by Crippen LogP contribution is -2.30. The Kier molecular flexibility index (Phi) is 6.23. The molecule has 2 rings (SSSR count). The summed E-state index contributed by atoms with van der Waals surface area (Å²) in [4.78, 5) is 2.38. The lowest BCUT2D eigenvalue weighted by molar-refractivity contribution is 0.140. The third-order valence-corrected chi connectivity index (χ3v) is 3.71.